The van der Waals surface area contributed by atoms with Gasteiger partial charge in [0, 0.05) is 25.2 Å². The number of amides is 1. The summed E-state index contributed by atoms with van der Waals surface area (Å²) < 4.78 is 5.47. The highest BCUT2D eigenvalue weighted by atomic mass is 35.5. The fourth-order valence-corrected chi connectivity index (χ4v) is 2.53. The number of rotatable bonds is 4. The summed E-state index contributed by atoms with van der Waals surface area (Å²) in [5.41, 5.74) is 0. The van der Waals surface area contributed by atoms with E-state index in [0.29, 0.717) is 21.8 Å². The summed E-state index contributed by atoms with van der Waals surface area (Å²) >= 11 is 11.7. The number of ether oxygens (including phenoxy) is 1. The van der Waals surface area contributed by atoms with Gasteiger partial charge in [0.1, 0.15) is 5.75 Å². The van der Waals surface area contributed by atoms with Crippen LogP contribution in [0.2, 0.25) is 10.0 Å². The fourth-order valence-electron chi connectivity index (χ4n) is 2.24. The Bertz CT molecular complexity index is 485. The molecule has 0 spiro atoms. The molecule has 1 saturated heterocycles. The predicted octanol–water partition coefficient (Wildman–Crippen LogP) is 3.00. The molecule has 1 N–H and O–H groups in total. The van der Waals surface area contributed by atoms with E-state index in [1.807, 2.05) is 11.9 Å². The van der Waals surface area contributed by atoms with Crippen LogP contribution in [-0.2, 0) is 4.79 Å². The number of likely N-dealkylation sites (N-methyl/N-ethyl adjacent to an activating group) is 1. The monoisotopic (exact) mass is 352 g/mol. The van der Waals surface area contributed by atoms with Gasteiger partial charge in [-0.25, -0.2) is 0 Å². The molecule has 0 saturated carbocycles. The summed E-state index contributed by atoms with van der Waals surface area (Å²) in [5.74, 6) is 0.547. The van der Waals surface area contributed by atoms with Crippen LogP contribution in [0.15, 0.2) is 18.2 Å². The Labute approximate surface area is 141 Å². The number of piperidine rings is 1. The van der Waals surface area contributed by atoms with Crippen LogP contribution in [0.1, 0.15) is 12.8 Å². The van der Waals surface area contributed by atoms with Crippen molar-refractivity contribution in [3.05, 3.63) is 28.2 Å². The number of carbonyl (C=O) groups is 1. The molecule has 1 aliphatic heterocycles. The third kappa shape index (κ3) is 5.22. The highest BCUT2D eigenvalue weighted by Crippen LogP contribution is 2.26. The second-order valence-electron chi connectivity index (χ2n) is 4.83. The standard InChI is InChI=1S/C14H18Cl2N2O2.ClH/c1-17-10-3-2-6-18(8-10)14(19)9-20-11-4-5-12(15)13(16)7-11;/h4-5,7,10,17H,2-3,6,8-9H2,1H3;1H. The summed E-state index contributed by atoms with van der Waals surface area (Å²) in [5, 5.41) is 4.10. The maximum absolute atomic E-state index is 12.1. The Morgan fingerprint density at radius 1 is 1.43 bits per heavy atom. The van der Waals surface area contributed by atoms with E-state index >= 15 is 0 Å². The first-order valence-electron chi connectivity index (χ1n) is 6.63. The number of hydrogen-bond donors (Lipinski definition) is 1. The van der Waals surface area contributed by atoms with Gasteiger partial charge in [-0.15, -0.1) is 12.4 Å². The van der Waals surface area contributed by atoms with E-state index in [4.69, 9.17) is 27.9 Å². The largest absolute Gasteiger partial charge is 0.484 e. The zero-order valence-corrected chi connectivity index (χ0v) is 14.1. The molecule has 1 unspecified atom stereocenters. The molecular formula is C14H19Cl3N2O2. The van der Waals surface area contributed by atoms with Gasteiger partial charge < -0.3 is 15.0 Å². The number of hydrogen-bond acceptors (Lipinski definition) is 3. The van der Waals surface area contributed by atoms with Gasteiger partial charge in [0.2, 0.25) is 0 Å². The molecule has 1 aromatic carbocycles. The molecule has 0 bridgehead atoms. The summed E-state index contributed by atoms with van der Waals surface area (Å²) in [6, 6.07) is 5.34. The van der Waals surface area contributed by atoms with Crippen molar-refractivity contribution in [2.45, 2.75) is 18.9 Å². The second-order valence-corrected chi connectivity index (χ2v) is 5.65. The van der Waals surface area contributed by atoms with Crippen molar-refractivity contribution in [3.63, 3.8) is 0 Å². The normalized spacial score (nSPS) is 18.0. The van der Waals surface area contributed by atoms with Crippen molar-refractivity contribution < 1.29 is 9.53 Å². The maximum Gasteiger partial charge on any atom is 0.260 e. The smallest absolute Gasteiger partial charge is 0.260 e. The van der Waals surface area contributed by atoms with E-state index in [1.165, 1.54) is 0 Å². The van der Waals surface area contributed by atoms with Crippen LogP contribution >= 0.6 is 35.6 Å². The highest BCUT2D eigenvalue weighted by molar-refractivity contribution is 6.42. The van der Waals surface area contributed by atoms with Gasteiger partial charge in [-0.1, -0.05) is 23.2 Å². The molecule has 1 aromatic rings. The predicted molar refractivity (Wildman–Crippen MR) is 87.9 cm³/mol. The summed E-state index contributed by atoms with van der Waals surface area (Å²) in [4.78, 5) is 13.9. The van der Waals surface area contributed by atoms with Crippen molar-refractivity contribution in [1.82, 2.24) is 10.2 Å². The Kier molecular flexibility index (Phi) is 7.60. The molecule has 118 valence electrons. The van der Waals surface area contributed by atoms with Gasteiger partial charge in [-0.2, -0.15) is 0 Å². The number of halogens is 3. The first-order chi connectivity index (χ1) is 9.60. The van der Waals surface area contributed by atoms with Crippen LogP contribution in [0.25, 0.3) is 0 Å². The molecule has 1 amide bonds. The number of nitrogens with one attached hydrogen (secondary N) is 1. The van der Waals surface area contributed by atoms with E-state index in [1.54, 1.807) is 18.2 Å². The van der Waals surface area contributed by atoms with Gasteiger partial charge >= 0.3 is 0 Å². The van der Waals surface area contributed by atoms with E-state index in [9.17, 15) is 4.79 Å². The molecule has 4 nitrogen and oxygen atoms in total. The average molecular weight is 354 g/mol. The maximum atomic E-state index is 12.1. The molecule has 0 aliphatic carbocycles. The lowest BCUT2D eigenvalue weighted by Crippen LogP contribution is -2.48. The Morgan fingerprint density at radius 2 is 2.19 bits per heavy atom. The second kappa shape index (κ2) is 8.69. The third-order valence-electron chi connectivity index (χ3n) is 3.44. The minimum Gasteiger partial charge on any atom is -0.484 e. The Balaban J connectivity index is 0.00000220. The van der Waals surface area contributed by atoms with Crippen molar-refractivity contribution in [2.24, 2.45) is 0 Å². The summed E-state index contributed by atoms with van der Waals surface area (Å²) in [7, 11) is 1.92. The van der Waals surface area contributed by atoms with Gasteiger partial charge in [0.05, 0.1) is 10.0 Å². The number of carbonyl (C=O) groups excluding carboxylic acids is 1. The molecule has 7 heteroatoms. The van der Waals surface area contributed by atoms with E-state index < -0.39 is 0 Å². The van der Waals surface area contributed by atoms with Crippen molar-refractivity contribution in [3.8, 4) is 5.75 Å². The topological polar surface area (TPSA) is 41.6 Å². The van der Waals surface area contributed by atoms with Crippen molar-refractivity contribution in [1.29, 1.82) is 0 Å². The SMILES string of the molecule is CNC1CCCN(C(=O)COc2ccc(Cl)c(Cl)c2)C1.Cl. The number of benzene rings is 1. The molecule has 0 aromatic heterocycles. The molecule has 21 heavy (non-hydrogen) atoms. The zero-order chi connectivity index (χ0) is 14.5. The van der Waals surface area contributed by atoms with Crippen LogP contribution in [0, 0.1) is 0 Å². The molecular weight excluding hydrogens is 335 g/mol. The fraction of sp³-hybridized carbons (Fsp3) is 0.500. The first-order valence-corrected chi connectivity index (χ1v) is 7.38. The zero-order valence-electron chi connectivity index (χ0n) is 11.8. The van der Waals surface area contributed by atoms with Gasteiger partial charge in [0.25, 0.3) is 5.91 Å². The van der Waals surface area contributed by atoms with Crippen LogP contribution in [0.4, 0.5) is 0 Å². The average Bonchev–Trinajstić information content (AvgIpc) is 2.48. The van der Waals surface area contributed by atoms with Crippen molar-refractivity contribution in [2.75, 3.05) is 26.7 Å². The van der Waals surface area contributed by atoms with E-state index in [-0.39, 0.29) is 24.9 Å². The van der Waals surface area contributed by atoms with Crippen LogP contribution in [0.3, 0.4) is 0 Å². The minimum atomic E-state index is -0.00368. The molecule has 1 heterocycles. The van der Waals surface area contributed by atoms with Crippen molar-refractivity contribution >= 4 is 41.5 Å². The molecule has 1 aliphatic rings. The number of nitrogens with zero attached hydrogens (tertiary/aromatic N) is 1. The lowest BCUT2D eigenvalue weighted by Gasteiger charge is -2.32. The van der Waals surface area contributed by atoms with Crippen LogP contribution in [-0.4, -0.2) is 43.6 Å². The Morgan fingerprint density at radius 3 is 2.86 bits per heavy atom. The highest BCUT2D eigenvalue weighted by Gasteiger charge is 2.22. The minimum absolute atomic E-state index is 0. The molecule has 2 rings (SSSR count). The van der Waals surface area contributed by atoms with Gasteiger partial charge in [-0.05, 0) is 32.0 Å². The van der Waals surface area contributed by atoms with Gasteiger partial charge in [0.15, 0.2) is 6.61 Å². The van der Waals surface area contributed by atoms with E-state index in [2.05, 4.69) is 5.32 Å². The molecule has 1 atom stereocenters. The quantitative estimate of drug-likeness (QED) is 0.905. The first kappa shape index (κ1) is 18.4. The number of likely N-dealkylation sites (tertiary alicyclic amines) is 1. The lowest BCUT2D eigenvalue weighted by atomic mass is 10.1. The molecule has 1 fully saturated rings. The van der Waals surface area contributed by atoms with Crippen LogP contribution < -0.4 is 10.1 Å². The van der Waals surface area contributed by atoms with Crippen LogP contribution in [0.5, 0.6) is 5.75 Å². The summed E-state index contributed by atoms with van der Waals surface area (Å²) in [6.45, 7) is 1.55. The Hall–Kier alpha value is -0.680. The third-order valence-corrected chi connectivity index (χ3v) is 4.17. The molecule has 0 radical (unpaired) electrons. The van der Waals surface area contributed by atoms with Gasteiger partial charge in [-0.3, -0.25) is 4.79 Å². The summed E-state index contributed by atoms with van der Waals surface area (Å²) in [6.07, 6.45) is 2.12. The van der Waals surface area contributed by atoms with E-state index in [0.717, 1.165) is 25.9 Å². The lowest BCUT2D eigenvalue weighted by molar-refractivity contribution is -0.134.